The number of pyridine rings is 1. The van der Waals surface area contributed by atoms with Gasteiger partial charge in [0.1, 0.15) is 30.3 Å². The first kappa shape index (κ1) is 26.6. The Bertz CT molecular complexity index is 1840. The molecule has 2 aliphatic carbocycles. The molecule has 0 aromatic carbocycles. The van der Waals surface area contributed by atoms with Crippen LogP contribution in [0.1, 0.15) is 66.3 Å². The van der Waals surface area contributed by atoms with Gasteiger partial charge >= 0.3 is 6.03 Å². The number of imide groups is 1. The second kappa shape index (κ2) is 10.0. The molecule has 2 saturated carbocycles. The molecule has 14 heteroatoms. The molecule has 4 fully saturated rings. The predicted molar refractivity (Wildman–Crippen MR) is 157 cm³/mol. The van der Waals surface area contributed by atoms with Gasteiger partial charge in [-0.3, -0.25) is 19.8 Å². The highest BCUT2D eigenvalue weighted by Crippen LogP contribution is 2.47. The van der Waals surface area contributed by atoms with Crippen LogP contribution >= 0.6 is 0 Å². The number of aliphatic hydroxyl groups is 1. The van der Waals surface area contributed by atoms with Crippen molar-refractivity contribution in [2.24, 2.45) is 5.92 Å². The molecule has 2 aliphatic heterocycles. The van der Waals surface area contributed by atoms with Crippen LogP contribution in [0.25, 0.3) is 5.65 Å². The molecule has 2 saturated heterocycles. The minimum atomic E-state index is -0.622. The van der Waals surface area contributed by atoms with Gasteiger partial charge in [-0.15, -0.1) is 0 Å². The Morgan fingerprint density at radius 2 is 1.95 bits per heavy atom. The molecule has 4 aliphatic rings. The van der Waals surface area contributed by atoms with Crippen molar-refractivity contribution in [2.75, 3.05) is 28.2 Å². The fourth-order valence-corrected chi connectivity index (χ4v) is 6.31. The van der Waals surface area contributed by atoms with Crippen LogP contribution in [-0.4, -0.2) is 71.5 Å². The third-order valence-electron chi connectivity index (χ3n) is 8.80. The number of nitrogens with one attached hydrogen (secondary N) is 2. The van der Waals surface area contributed by atoms with Gasteiger partial charge in [-0.05, 0) is 49.8 Å². The smallest absolute Gasteiger partial charge is 0.329 e. The molecule has 0 radical (unpaired) electrons. The Labute approximate surface area is 251 Å². The number of hydrogen-bond donors (Lipinski definition) is 3. The zero-order valence-corrected chi connectivity index (χ0v) is 23.9. The predicted octanol–water partition coefficient (Wildman–Crippen LogP) is 2.21. The number of rotatable bonds is 7. The Kier molecular flexibility index (Phi) is 6.08. The molecule has 0 spiro atoms. The molecular formula is C30H30N10O4. The molecule has 2 unspecified atom stereocenters. The summed E-state index contributed by atoms with van der Waals surface area (Å²) >= 11 is 0. The first-order chi connectivity index (χ1) is 21.3. The molecule has 6 heterocycles. The molecule has 4 amide bonds. The normalized spacial score (nSPS) is 24.7. The number of β-amino-alcohol motifs (C(OH)–C–C–N with tert-alkyl or cyclic N) is 1. The van der Waals surface area contributed by atoms with E-state index < -0.39 is 12.1 Å². The van der Waals surface area contributed by atoms with Crippen LogP contribution in [0.5, 0.6) is 0 Å². The molecule has 0 bridgehead atoms. The van der Waals surface area contributed by atoms with E-state index in [1.165, 1.54) is 11.2 Å². The topological polar surface area (TPSA) is 171 Å². The maximum absolute atomic E-state index is 13.0. The van der Waals surface area contributed by atoms with Crippen molar-refractivity contribution >= 4 is 40.8 Å². The number of hydrogen-bond acceptors (Lipinski definition) is 10. The van der Waals surface area contributed by atoms with E-state index in [2.05, 4.69) is 30.6 Å². The fraction of sp³-hybridized carbons (Fsp3) is 0.400. The lowest BCUT2D eigenvalue weighted by Crippen LogP contribution is -2.28. The van der Waals surface area contributed by atoms with Gasteiger partial charge in [0.25, 0.3) is 0 Å². The Balaban J connectivity index is 1.06. The standard InChI is InChI=1S/C30H30N10O4/c1-15-4-5-31-27(34-15)19-8-20(19)29(43)36-24-9-25(33-14-32-24)39-11-18(41)7-22(39)21-12-38-10-17(16-2-3-16)6-23(28(38)35-21)40-13-26(42)37-30(40)44/h4-6,9-10,12,14,16,18-20,22,41H,2-3,7-8,11,13H2,1H3,(H,37,42,44)(H,32,33,36,43)/t18-,19?,20?,22+/m0/s1. The molecule has 224 valence electrons. The van der Waals surface area contributed by atoms with Gasteiger partial charge in [-0.2, -0.15) is 0 Å². The number of carbonyl (C=O) groups excluding carboxylic acids is 3. The summed E-state index contributed by atoms with van der Waals surface area (Å²) in [4.78, 5) is 63.5. The maximum atomic E-state index is 13.0. The molecule has 3 N–H and O–H groups in total. The molecule has 4 aromatic heterocycles. The first-order valence-corrected chi connectivity index (χ1v) is 14.8. The van der Waals surface area contributed by atoms with E-state index in [1.807, 2.05) is 40.8 Å². The van der Waals surface area contributed by atoms with E-state index in [0.717, 1.165) is 24.1 Å². The summed E-state index contributed by atoms with van der Waals surface area (Å²) in [6.07, 6.45) is 9.69. The average Bonchev–Trinajstić information content (AvgIpc) is 3.90. The van der Waals surface area contributed by atoms with Crippen LogP contribution in [0.3, 0.4) is 0 Å². The van der Waals surface area contributed by atoms with Crippen LogP contribution in [-0.2, 0) is 9.59 Å². The van der Waals surface area contributed by atoms with Gasteiger partial charge in [0.05, 0.1) is 23.5 Å². The van der Waals surface area contributed by atoms with Gasteiger partial charge in [0, 0.05) is 55.2 Å². The number of anilines is 3. The molecule has 14 nitrogen and oxygen atoms in total. The lowest BCUT2D eigenvalue weighted by Gasteiger charge is -2.24. The van der Waals surface area contributed by atoms with Gasteiger partial charge in [-0.1, -0.05) is 0 Å². The highest BCUT2D eigenvalue weighted by molar-refractivity contribution is 6.13. The third-order valence-corrected chi connectivity index (χ3v) is 8.80. The van der Waals surface area contributed by atoms with Crippen LogP contribution < -0.4 is 20.4 Å². The Morgan fingerprint density at radius 3 is 2.73 bits per heavy atom. The van der Waals surface area contributed by atoms with Crippen LogP contribution in [0.15, 0.2) is 43.1 Å². The first-order valence-electron chi connectivity index (χ1n) is 14.8. The number of carbonyl (C=O) groups is 3. The summed E-state index contributed by atoms with van der Waals surface area (Å²) in [6.45, 7) is 2.16. The van der Waals surface area contributed by atoms with Crippen LogP contribution in [0.4, 0.5) is 22.1 Å². The van der Waals surface area contributed by atoms with Crippen LogP contribution in [0, 0.1) is 12.8 Å². The fourth-order valence-electron chi connectivity index (χ4n) is 6.31. The number of aliphatic hydroxyl groups excluding tert-OH is 1. The van der Waals surface area contributed by atoms with Gasteiger partial charge < -0.3 is 19.7 Å². The van der Waals surface area contributed by atoms with E-state index in [0.29, 0.717) is 59.8 Å². The number of fused-ring (bicyclic) bond motifs is 1. The lowest BCUT2D eigenvalue weighted by molar-refractivity contribution is -0.118. The Hall–Kier alpha value is -4.98. The molecule has 44 heavy (non-hydrogen) atoms. The van der Waals surface area contributed by atoms with Crippen molar-refractivity contribution < 1.29 is 19.5 Å². The maximum Gasteiger partial charge on any atom is 0.329 e. The second-order valence-electron chi connectivity index (χ2n) is 12.1. The lowest BCUT2D eigenvalue weighted by atomic mass is 10.1. The van der Waals surface area contributed by atoms with Crippen molar-refractivity contribution in [1.82, 2.24) is 34.6 Å². The number of aromatic nitrogens is 6. The van der Waals surface area contributed by atoms with Crippen molar-refractivity contribution in [1.29, 1.82) is 0 Å². The van der Waals surface area contributed by atoms with E-state index >= 15 is 0 Å². The molecule has 8 rings (SSSR count). The summed E-state index contributed by atoms with van der Waals surface area (Å²) in [5.74, 6) is 1.27. The zero-order valence-electron chi connectivity index (χ0n) is 23.9. The second-order valence-corrected chi connectivity index (χ2v) is 12.1. The van der Waals surface area contributed by atoms with Crippen molar-refractivity contribution in [3.05, 3.63) is 65.9 Å². The van der Waals surface area contributed by atoms with Gasteiger partial charge in [-0.25, -0.2) is 29.7 Å². The highest BCUT2D eigenvalue weighted by Gasteiger charge is 2.46. The number of urea groups is 1. The average molecular weight is 595 g/mol. The van der Waals surface area contributed by atoms with Gasteiger partial charge in [0.2, 0.25) is 11.8 Å². The van der Waals surface area contributed by atoms with Crippen molar-refractivity contribution in [3.63, 3.8) is 0 Å². The summed E-state index contributed by atoms with van der Waals surface area (Å²) < 4.78 is 1.91. The summed E-state index contributed by atoms with van der Waals surface area (Å²) in [6, 6.07) is 4.71. The SMILES string of the molecule is Cc1ccnc(C2CC2C(=O)Nc2cc(N3C[C@@H](O)C[C@@H]3c3cn4cc(C5CC5)cc(N5CC(=O)NC5=O)c4n3)ncn2)n1. The van der Waals surface area contributed by atoms with E-state index in [1.54, 1.807) is 12.3 Å². The summed E-state index contributed by atoms with van der Waals surface area (Å²) in [5, 5.41) is 16.0. The number of aryl methyl sites for hydroxylation is 1. The minimum Gasteiger partial charge on any atom is -0.391 e. The monoisotopic (exact) mass is 594 g/mol. The quantitative estimate of drug-likeness (QED) is 0.270. The Morgan fingerprint density at radius 1 is 1.09 bits per heavy atom. The third kappa shape index (κ3) is 4.80. The number of nitrogens with zero attached hydrogens (tertiary/aromatic N) is 8. The largest absolute Gasteiger partial charge is 0.391 e. The highest BCUT2D eigenvalue weighted by atomic mass is 16.3. The molecule has 4 aromatic rings. The summed E-state index contributed by atoms with van der Waals surface area (Å²) in [7, 11) is 0. The minimum absolute atomic E-state index is 0.0144. The van der Waals surface area contributed by atoms with E-state index in [4.69, 9.17) is 4.98 Å². The number of amides is 4. The molecular weight excluding hydrogens is 564 g/mol. The van der Waals surface area contributed by atoms with Crippen molar-refractivity contribution in [3.8, 4) is 0 Å². The van der Waals surface area contributed by atoms with E-state index in [-0.39, 0.29) is 36.2 Å². The van der Waals surface area contributed by atoms with Gasteiger partial charge in [0.15, 0.2) is 5.65 Å². The van der Waals surface area contributed by atoms with E-state index in [9.17, 15) is 19.5 Å². The number of imidazole rings is 1. The zero-order chi connectivity index (χ0) is 30.1. The summed E-state index contributed by atoms with van der Waals surface area (Å²) in [5.41, 5.74) is 3.80. The molecule has 4 atom stereocenters. The van der Waals surface area contributed by atoms with Crippen LogP contribution in [0.2, 0.25) is 0 Å². The van der Waals surface area contributed by atoms with Crippen molar-refractivity contribution in [2.45, 2.75) is 56.6 Å².